The van der Waals surface area contributed by atoms with Crippen molar-refractivity contribution in [2.45, 2.75) is 19.9 Å². The first kappa shape index (κ1) is 16.4. The Morgan fingerprint density at radius 1 is 1.32 bits per heavy atom. The van der Waals surface area contributed by atoms with Crippen LogP contribution < -0.4 is 9.47 Å². The number of methoxy groups -OCH3 is 1. The van der Waals surface area contributed by atoms with Gasteiger partial charge in [0.25, 0.3) is 5.91 Å². The predicted molar refractivity (Wildman–Crippen MR) is 89.0 cm³/mol. The maximum absolute atomic E-state index is 12.7. The average Bonchev–Trinajstić information content (AvgIpc) is 3.07. The molecule has 0 fully saturated rings. The van der Waals surface area contributed by atoms with Gasteiger partial charge in [0.2, 0.25) is 0 Å². The fourth-order valence-corrected chi connectivity index (χ4v) is 3.00. The molecule has 5 heteroatoms. The fraction of sp³-hybridized carbons (Fsp3) is 0.353. The van der Waals surface area contributed by atoms with E-state index in [9.17, 15) is 4.79 Å². The maximum Gasteiger partial charge on any atom is 0.254 e. The summed E-state index contributed by atoms with van der Waals surface area (Å²) >= 11 is 1.65. The summed E-state index contributed by atoms with van der Waals surface area (Å²) in [4.78, 5) is 15.6. The fourth-order valence-electron chi connectivity index (χ4n) is 2.17. The van der Waals surface area contributed by atoms with Gasteiger partial charge in [0, 0.05) is 17.5 Å². The first-order valence-electron chi connectivity index (χ1n) is 7.19. The second-order valence-corrected chi connectivity index (χ2v) is 5.89. The van der Waals surface area contributed by atoms with Gasteiger partial charge in [0.05, 0.1) is 19.8 Å². The molecule has 0 bridgehead atoms. The van der Waals surface area contributed by atoms with Crippen LogP contribution in [0.25, 0.3) is 0 Å². The Labute approximate surface area is 135 Å². The highest BCUT2D eigenvalue weighted by molar-refractivity contribution is 7.10. The molecule has 0 saturated carbocycles. The molecule has 22 heavy (non-hydrogen) atoms. The zero-order valence-electron chi connectivity index (χ0n) is 13.3. The van der Waals surface area contributed by atoms with E-state index in [2.05, 4.69) is 0 Å². The largest absolute Gasteiger partial charge is 0.493 e. The van der Waals surface area contributed by atoms with Gasteiger partial charge in [0.1, 0.15) is 0 Å². The Hall–Kier alpha value is -2.01. The number of hydrogen-bond donors (Lipinski definition) is 0. The zero-order chi connectivity index (χ0) is 16.1. The lowest BCUT2D eigenvalue weighted by atomic mass is 10.1. The first-order chi connectivity index (χ1) is 10.6. The number of amides is 1. The Kier molecular flexibility index (Phi) is 5.44. The van der Waals surface area contributed by atoms with Gasteiger partial charge in [-0.2, -0.15) is 0 Å². The molecule has 0 aliphatic heterocycles. The van der Waals surface area contributed by atoms with Crippen LogP contribution in [0.15, 0.2) is 35.7 Å². The van der Waals surface area contributed by atoms with Gasteiger partial charge < -0.3 is 14.4 Å². The molecule has 0 spiro atoms. The Morgan fingerprint density at radius 2 is 2.09 bits per heavy atom. The molecule has 0 N–H and O–H groups in total. The van der Waals surface area contributed by atoms with Crippen molar-refractivity contribution < 1.29 is 14.3 Å². The number of ether oxygens (including phenoxy) is 2. The number of thiophene rings is 1. The van der Waals surface area contributed by atoms with Crippen molar-refractivity contribution >= 4 is 17.2 Å². The van der Waals surface area contributed by atoms with E-state index in [-0.39, 0.29) is 11.9 Å². The zero-order valence-corrected chi connectivity index (χ0v) is 14.1. The molecule has 2 rings (SSSR count). The standard InChI is InChI=1S/C17H21NO3S/c1-5-21-14-9-8-13(11-15(14)20-4)17(19)18(3)12(2)16-7-6-10-22-16/h6-12H,5H2,1-4H3. The summed E-state index contributed by atoms with van der Waals surface area (Å²) < 4.78 is 10.8. The summed E-state index contributed by atoms with van der Waals surface area (Å²) in [5, 5.41) is 2.02. The molecule has 1 aromatic carbocycles. The van der Waals surface area contributed by atoms with Crippen LogP contribution in [0.1, 0.15) is 35.1 Å². The molecule has 0 saturated heterocycles. The molecule has 1 aromatic heterocycles. The Morgan fingerprint density at radius 3 is 2.68 bits per heavy atom. The van der Waals surface area contributed by atoms with Crippen molar-refractivity contribution in [2.24, 2.45) is 0 Å². The van der Waals surface area contributed by atoms with E-state index < -0.39 is 0 Å². The maximum atomic E-state index is 12.7. The molecule has 1 heterocycles. The van der Waals surface area contributed by atoms with E-state index in [4.69, 9.17) is 9.47 Å². The molecule has 4 nitrogen and oxygen atoms in total. The Bertz CT molecular complexity index is 625. The lowest BCUT2D eigenvalue weighted by Crippen LogP contribution is -2.29. The normalized spacial score (nSPS) is 11.8. The number of nitrogens with zero attached hydrogens (tertiary/aromatic N) is 1. The van der Waals surface area contributed by atoms with Gasteiger partial charge in [0.15, 0.2) is 11.5 Å². The van der Waals surface area contributed by atoms with Crippen molar-refractivity contribution in [3.05, 3.63) is 46.2 Å². The van der Waals surface area contributed by atoms with E-state index in [1.807, 2.05) is 38.4 Å². The third kappa shape index (κ3) is 3.42. The highest BCUT2D eigenvalue weighted by atomic mass is 32.1. The van der Waals surface area contributed by atoms with Crippen LogP contribution in [0.4, 0.5) is 0 Å². The van der Waals surface area contributed by atoms with Crippen LogP contribution in [0.2, 0.25) is 0 Å². The predicted octanol–water partition coefficient (Wildman–Crippen LogP) is 3.99. The summed E-state index contributed by atoms with van der Waals surface area (Å²) in [6, 6.07) is 9.34. The monoisotopic (exact) mass is 319 g/mol. The molecular formula is C17H21NO3S. The third-order valence-corrected chi connectivity index (χ3v) is 4.61. The molecule has 0 aliphatic rings. The molecule has 2 aromatic rings. The van der Waals surface area contributed by atoms with Crippen molar-refractivity contribution in [3.8, 4) is 11.5 Å². The number of benzene rings is 1. The second-order valence-electron chi connectivity index (χ2n) is 4.91. The second kappa shape index (κ2) is 7.31. The highest BCUT2D eigenvalue weighted by Crippen LogP contribution is 2.30. The first-order valence-corrected chi connectivity index (χ1v) is 8.07. The molecule has 1 amide bonds. The Balaban J connectivity index is 2.21. The molecule has 0 aliphatic carbocycles. The van der Waals surface area contributed by atoms with E-state index >= 15 is 0 Å². The number of carbonyl (C=O) groups excluding carboxylic acids is 1. The van der Waals surface area contributed by atoms with Crippen LogP contribution in [0.3, 0.4) is 0 Å². The van der Waals surface area contributed by atoms with E-state index in [0.717, 1.165) is 4.88 Å². The average molecular weight is 319 g/mol. The highest BCUT2D eigenvalue weighted by Gasteiger charge is 2.20. The topological polar surface area (TPSA) is 38.8 Å². The molecule has 118 valence electrons. The summed E-state index contributed by atoms with van der Waals surface area (Å²) in [6.07, 6.45) is 0. The number of carbonyl (C=O) groups is 1. The summed E-state index contributed by atoms with van der Waals surface area (Å²) in [6.45, 7) is 4.49. The van der Waals surface area contributed by atoms with Gasteiger partial charge in [-0.1, -0.05) is 6.07 Å². The lowest BCUT2D eigenvalue weighted by molar-refractivity contribution is 0.0744. The van der Waals surface area contributed by atoms with E-state index in [1.54, 1.807) is 41.5 Å². The smallest absolute Gasteiger partial charge is 0.254 e. The SMILES string of the molecule is CCOc1ccc(C(=O)N(C)C(C)c2cccs2)cc1OC. The molecular weight excluding hydrogens is 298 g/mol. The van der Waals surface area contributed by atoms with Crippen LogP contribution in [0, 0.1) is 0 Å². The van der Waals surface area contributed by atoms with Crippen molar-refractivity contribution in [2.75, 3.05) is 20.8 Å². The van der Waals surface area contributed by atoms with E-state index in [1.165, 1.54) is 0 Å². The van der Waals surface area contributed by atoms with Crippen LogP contribution in [-0.4, -0.2) is 31.6 Å². The van der Waals surface area contributed by atoms with Gasteiger partial charge in [-0.25, -0.2) is 0 Å². The molecule has 1 atom stereocenters. The number of hydrogen-bond acceptors (Lipinski definition) is 4. The van der Waals surface area contributed by atoms with Gasteiger partial charge in [-0.05, 0) is 43.5 Å². The van der Waals surface area contributed by atoms with Crippen molar-refractivity contribution in [3.63, 3.8) is 0 Å². The quantitative estimate of drug-likeness (QED) is 0.808. The summed E-state index contributed by atoms with van der Waals surface area (Å²) in [5.74, 6) is 1.18. The van der Waals surface area contributed by atoms with Gasteiger partial charge in [-0.3, -0.25) is 4.79 Å². The summed E-state index contributed by atoms with van der Waals surface area (Å²) in [7, 11) is 3.39. The van der Waals surface area contributed by atoms with E-state index in [0.29, 0.717) is 23.7 Å². The van der Waals surface area contributed by atoms with Crippen LogP contribution in [0.5, 0.6) is 11.5 Å². The van der Waals surface area contributed by atoms with Crippen molar-refractivity contribution in [1.29, 1.82) is 0 Å². The minimum absolute atomic E-state index is 0.0325. The minimum Gasteiger partial charge on any atom is -0.493 e. The summed E-state index contributed by atoms with van der Waals surface area (Å²) in [5.41, 5.74) is 0.589. The van der Waals surface area contributed by atoms with Crippen LogP contribution >= 0.6 is 11.3 Å². The van der Waals surface area contributed by atoms with Gasteiger partial charge in [-0.15, -0.1) is 11.3 Å². The third-order valence-electron chi connectivity index (χ3n) is 3.57. The minimum atomic E-state index is -0.0396. The molecule has 1 unspecified atom stereocenters. The molecule has 0 radical (unpaired) electrons. The lowest BCUT2D eigenvalue weighted by Gasteiger charge is -2.24. The number of rotatable bonds is 6. The van der Waals surface area contributed by atoms with Crippen LogP contribution in [-0.2, 0) is 0 Å². The van der Waals surface area contributed by atoms with Crippen molar-refractivity contribution in [1.82, 2.24) is 4.90 Å². The van der Waals surface area contributed by atoms with Gasteiger partial charge >= 0.3 is 0 Å².